The minimum absolute atomic E-state index is 0. The Morgan fingerprint density at radius 2 is 1.71 bits per heavy atom. The van der Waals surface area contributed by atoms with Gasteiger partial charge in [0.25, 0.3) is 0 Å². The Bertz CT molecular complexity index is 239. The first-order valence-electron chi connectivity index (χ1n) is 5.49. The fourth-order valence-corrected chi connectivity index (χ4v) is 1.81. The fraction of sp³-hybridized carbons (Fsp3) is 0.538. The van der Waals surface area contributed by atoms with Crippen molar-refractivity contribution in [2.24, 2.45) is 5.92 Å². The third-order valence-corrected chi connectivity index (χ3v) is 2.87. The first-order chi connectivity index (χ1) is 6.45. The van der Waals surface area contributed by atoms with Crippen molar-refractivity contribution in [2.45, 2.75) is 38.5 Å². The van der Waals surface area contributed by atoms with Gasteiger partial charge < -0.3 is 24.0 Å². The van der Waals surface area contributed by atoms with E-state index in [0.717, 1.165) is 5.92 Å². The minimum atomic E-state index is 0. The van der Waals surface area contributed by atoms with Crippen molar-refractivity contribution in [3.8, 4) is 0 Å². The molecule has 0 atom stereocenters. The Hall–Kier alpha value is -0.0500. The van der Waals surface area contributed by atoms with Crippen LogP contribution in [0.25, 0.3) is 0 Å². The Balaban J connectivity index is 0.000000980. The van der Waals surface area contributed by atoms with Crippen molar-refractivity contribution in [1.29, 1.82) is 0 Å². The molecule has 1 aliphatic rings. The first kappa shape index (κ1) is 12.0. The maximum atomic E-state index is 2.23. The van der Waals surface area contributed by atoms with E-state index in [0.29, 0.717) is 0 Å². The van der Waals surface area contributed by atoms with Crippen LogP contribution in [-0.4, -0.2) is 0 Å². The molecule has 0 radical (unpaired) electrons. The number of hydrogen-bond acceptors (Lipinski definition) is 0. The van der Waals surface area contributed by atoms with E-state index in [1.165, 1.54) is 44.1 Å². The molecule has 14 heavy (non-hydrogen) atoms. The van der Waals surface area contributed by atoms with Crippen LogP contribution in [0.3, 0.4) is 0 Å². The predicted molar refractivity (Wildman–Crippen MR) is 56.7 cm³/mol. The second-order valence-corrected chi connectivity index (χ2v) is 4.17. The Morgan fingerprint density at radius 1 is 1.00 bits per heavy atom. The highest BCUT2D eigenvalue weighted by Gasteiger charge is 2.19. The molecule has 0 aliphatic heterocycles. The summed E-state index contributed by atoms with van der Waals surface area (Å²) in [5.41, 5.74) is 1.50. The highest BCUT2D eigenvalue weighted by atomic mass is 127. The Kier molecular flexibility index (Phi) is 5.53. The summed E-state index contributed by atoms with van der Waals surface area (Å²) in [6.45, 7) is 0. The molecule has 78 valence electrons. The molecule has 0 bridgehead atoms. The maximum Gasteiger partial charge on any atom is -0.0279 e. The first-order valence-corrected chi connectivity index (χ1v) is 5.49. The van der Waals surface area contributed by atoms with E-state index in [1.54, 1.807) is 0 Å². The van der Waals surface area contributed by atoms with Gasteiger partial charge in [0.05, 0.1) is 0 Å². The van der Waals surface area contributed by atoms with E-state index in [-0.39, 0.29) is 24.0 Å². The zero-order chi connectivity index (χ0) is 8.93. The van der Waals surface area contributed by atoms with Gasteiger partial charge in [-0.1, -0.05) is 56.0 Å². The molecule has 0 aromatic heterocycles. The smallest absolute Gasteiger partial charge is 0.0279 e. The fourth-order valence-electron chi connectivity index (χ4n) is 1.81. The number of hydrogen-bond donors (Lipinski definition) is 0. The lowest BCUT2D eigenvalue weighted by molar-refractivity contribution is -0.00000272. The molecule has 0 nitrogen and oxygen atoms in total. The van der Waals surface area contributed by atoms with Gasteiger partial charge in [-0.15, -0.1) is 0 Å². The van der Waals surface area contributed by atoms with E-state index in [1.807, 2.05) is 0 Å². The quantitative estimate of drug-likeness (QED) is 0.558. The van der Waals surface area contributed by atoms with Gasteiger partial charge in [-0.3, -0.25) is 0 Å². The molecule has 0 amide bonds. The predicted octanol–water partition coefficient (Wildman–Crippen LogP) is 0.813. The van der Waals surface area contributed by atoms with Crippen LogP contribution < -0.4 is 24.0 Å². The van der Waals surface area contributed by atoms with Crippen LogP contribution >= 0.6 is 0 Å². The number of rotatable bonds is 5. The monoisotopic (exact) mass is 301 g/mol. The van der Waals surface area contributed by atoms with Gasteiger partial charge in [0.2, 0.25) is 0 Å². The van der Waals surface area contributed by atoms with Gasteiger partial charge in [-0.2, -0.15) is 0 Å². The van der Waals surface area contributed by atoms with E-state index in [9.17, 15) is 0 Å². The lowest BCUT2D eigenvalue weighted by Crippen LogP contribution is -3.00. The standard InChI is InChI=1S/C13H18.HI/c1-2-6-12(7-3-1)8-4-5-9-13-10-11-13;/h1-3,6-7,13H,4-5,8-11H2;1H/p-1. The highest BCUT2D eigenvalue weighted by molar-refractivity contribution is 5.14. The third-order valence-electron chi connectivity index (χ3n) is 2.87. The van der Waals surface area contributed by atoms with Crippen molar-refractivity contribution in [2.75, 3.05) is 0 Å². The molecule has 1 aromatic carbocycles. The molecule has 0 spiro atoms. The molecule has 0 unspecified atom stereocenters. The molecular formula is C13H18I-. The summed E-state index contributed by atoms with van der Waals surface area (Å²) in [4.78, 5) is 0. The van der Waals surface area contributed by atoms with Crippen LogP contribution in [0.4, 0.5) is 0 Å². The van der Waals surface area contributed by atoms with Gasteiger partial charge in [0.15, 0.2) is 0 Å². The second-order valence-electron chi connectivity index (χ2n) is 4.17. The van der Waals surface area contributed by atoms with E-state index in [4.69, 9.17) is 0 Å². The zero-order valence-electron chi connectivity index (χ0n) is 8.58. The molecule has 1 aromatic rings. The SMILES string of the molecule is [I-].c1ccc(CCCCC2CC2)cc1. The molecule has 1 fully saturated rings. The second kappa shape index (κ2) is 6.44. The van der Waals surface area contributed by atoms with E-state index < -0.39 is 0 Å². The van der Waals surface area contributed by atoms with Gasteiger partial charge in [-0.25, -0.2) is 0 Å². The summed E-state index contributed by atoms with van der Waals surface area (Å²) in [5, 5.41) is 0. The lowest BCUT2D eigenvalue weighted by atomic mass is 10.1. The van der Waals surface area contributed by atoms with Crippen LogP contribution in [0.2, 0.25) is 0 Å². The topological polar surface area (TPSA) is 0 Å². The summed E-state index contributed by atoms with van der Waals surface area (Å²) in [5.74, 6) is 1.11. The molecule has 0 heterocycles. The lowest BCUT2D eigenvalue weighted by Gasteiger charge is -2.00. The number of aryl methyl sites for hydroxylation is 1. The van der Waals surface area contributed by atoms with Crippen molar-refractivity contribution in [3.05, 3.63) is 35.9 Å². The molecule has 1 aliphatic carbocycles. The third kappa shape index (κ3) is 4.45. The summed E-state index contributed by atoms with van der Waals surface area (Å²) in [6, 6.07) is 10.8. The average molecular weight is 301 g/mol. The minimum Gasteiger partial charge on any atom is -1.00 e. The Labute approximate surface area is 104 Å². The van der Waals surface area contributed by atoms with Crippen LogP contribution in [0.15, 0.2) is 30.3 Å². The van der Waals surface area contributed by atoms with Crippen molar-refractivity contribution in [1.82, 2.24) is 0 Å². The van der Waals surface area contributed by atoms with Gasteiger partial charge >= 0.3 is 0 Å². The molecule has 0 saturated heterocycles. The Morgan fingerprint density at radius 3 is 2.36 bits per heavy atom. The van der Waals surface area contributed by atoms with Crippen molar-refractivity contribution < 1.29 is 24.0 Å². The molecule has 1 heteroatoms. The van der Waals surface area contributed by atoms with Crippen LogP contribution in [0.1, 0.15) is 37.7 Å². The van der Waals surface area contributed by atoms with Gasteiger partial charge in [0, 0.05) is 0 Å². The zero-order valence-corrected chi connectivity index (χ0v) is 10.7. The summed E-state index contributed by atoms with van der Waals surface area (Å²) in [6.07, 6.45) is 8.57. The van der Waals surface area contributed by atoms with Gasteiger partial charge in [0.1, 0.15) is 0 Å². The summed E-state index contributed by atoms with van der Waals surface area (Å²) in [7, 11) is 0. The summed E-state index contributed by atoms with van der Waals surface area (Å²) < 4.78 is 0. The molecule has 0 N–H and O–H groups in total. The van der Waals surface area contributed by atoms with Crippen molar-refractivity contribution in [3.63, 3.8) is 0 Å². The van der Waals surface area contributed by atoms with Crippen LogP contribution in [0.5, 0.6) is 0 Å². The number of halogens is 1. The largest absolute Gasteiger partial charge is 1.00 e. The molecular weight excluding hydrogens is 283 g/mol. The number of unbranched alkanes of at least 4 members (excludes halogenated alkanes) is 1. The average Bonchev–Trinajstić information content (AvgIpc) is 2.98. The van der Waals surface area contributed by atoms with Crippen LogP contribution in [-0.2, 0) is 6.42 Å². The van der Waals surface area contributed by atoms with E-state index in [2.05, 4.69) is 30.3 Å². The summed E-state index contributed by atoms with van der Waals surface area (Å²) >= 11 is 0. The van der Waals surface area contributed by atoms with Crippen molar-refractivity contribution >= 4 is 0 Å². The molecule has 2 rings (SSSR count). The normalized spacial score (nSPS) is 14.9. The van der Waals surface area contributed by atoms with Crippen LogP contribution in [0, 0.1) is 5.92 Å². The van der Waals surface area contributed by atoms with E-state index >= 15 is 0 Å². The number of benzene rings is 1. The maximum absolute atomic E-state index is 2.23. The molecule has 1 saturated carbocycles. The highest BCUT2D eigenvalue weighted by Crippen LogP contribution is 2.33. The van der Waals surface area contributed by atoms with Gasteiger partial charge in [-0.05, 0) is 24.3 Å².